The van der Waals surface area contributed by atoms with Crippen LogP contribution in [0.3, 0.4) is 0 Å². The van der Waals surface area contributed by atoms with Gasteiger partial charge in [0.2, 0.25) is 0 Å². The van der Waals surface area contributed by atoms with Crippen LogP contribution in [-0.4, -0.2) is 32.9 Å². The van der Waals surface area contributed by atoms with Crippen LogP contribution in [0.1, 0.15) is 200 Å². The van der Waals surface area contributed by atoms with E-state index in [-0.39, 0.29) is 65.3 Å². The Morgan fingerprint density at radius 2 is 0.846 bits per heavy atom. The number of halogens is 4. The molecule has 0 fully saturated rings. The molecule has 4 atom stereocenters. The van der Waals surface area contributed by atoms with E-state index < -0.39 is 8.07 Å². The van der Waals surface area contributed by atoms with Gasteiger partial charge in [0.1, 0.15) is 19.6 Å². The number of fused-ring (bicyclic) bond motifs is 5. The SMILES string of the molecule is [C-]#[N+]C(C#N)=C1/C(=C/c2cc(OCC(CC)CCCC)c(-c3cc4c(s3)-c3sc(-c5sc(/C=C6\C(=O)c7cc(Cl)c(Cl)cc7\C6=C(\C#N)[N+]#[C-])cc5OCC(CC)CCCC)cc3[Si]4(CC(CC)CCCC)CC(CC)CCCC)s2)C(=O)c2cc(Cl)c(Cl)cc21. The van der Waals surface area contributed by atoms with Gasteiger partial charge in [-0.3, -0.25) is 9.59 Å². The molecule has 0 N–H and O–H groups in total. The van der Waals surface area contributed by atoms with Gasteiger partial charge in [0.15, 0.2) is 11.6 Å². The number of allylic oxidation sites excluding steroid dienone is 6. The highest BCUT2D eigenvalue weighted by molar-refractivity contribution is 7.34. The molecule has 9 rings (SSSR count). The van der Waals surface area contributed by atoms with E-state index >= 15 is 0 Å². The van der Waals surface area contributed by atoms with Gasteiger partial charge in [-0.2, -0.15) is 0 Å². The maximum absolute atomic E-state index is 14.5. The van der Waals surface area contributed by atoms with Gasteiger partial charge in [0.05, 0.1) is 68.3 Å². The number of ether oxygens (including phenoxy) is 2. The largest absolute Gasteiger partial charge is 0.492 e. The molecule has 91 heavy (non-hydrogen) atoms. The molecule has 2 aliphatic carbocycles. The Kier molecular flexibility index (Phi) is 24.2. The number of hydrogen-bond acceptors (Lipinski definition) is 10. The first-order chi connectivity index (χ1) is 44.0. The highest BCUT2D eigenvalue weighted by Gasteiger charge is 2.50. The van der Waals surface area contributed by atoms with E-state index in [0.29, 0.717) is 59.1 Å². The molecule has 2 aromatic carbocycles. The van der Waals surface area contributed by atoms with Crippen LogP contribution in [0.15, 0.2) is 71.1 Å². The fraction of sp³-hybridized carbons (Fsp3) is 0.432. The molecule has 1 aliphatic heterocycles. The van der Waals surface area contributed by atoms with E-state index in [1.807, 2.05) is 47.0 Å². The molecule has 0 saturated carbocycles. The van der Waals surface area contributed by atoms with Crippen molar-refractivity contribution in [3.05, 3.63) is 146 Å². The van der Waals surface area contributed by atoms with Crippen molar-refractivity contribution in [2.24, 2.45) is 23.7 Å². The lowest BCUT2D eigenvalue weighted by Gasteiger charge is -2.35. The van der Waals surface area contributed by atoms with Crippen molar-refractivity contribution in [1.29, 1.82) is 10.5 Å². The van der Waals surface area contributed by atoms with Gasteiger partial charge in [-0.05, 0) is 131 Å². The lowest BCUT2D eigenvalue weighted by molar-refractivity contribution is 0.103. The number of ketones is 2. The summed E-state index contributed by atoms with van der Waals surface area (Å²) in [6.07, 6.45) is 21.2. The molecule has 4 aromatic heterocycles. The topological polar surface area (TPSA) is 109 Å². The number of rotatable bonds is 30. The third-order valence-electron chi connectivity index (χ3n) is 18.6. The maximum atomic E-state index is 14.5. The van der Waals surface area contributed by atoms with Crippen LogP contribution in [0.5, 0.6) is 11.5 Å². The minimum absolute atomic E-state index is 0.197. The van der Waals surface area contributed by atoms with Gasteiger partial charge in [0, 0.05) is 62.7 Å². The molecular weight excluding hydrogens is 1310 g/mol. The Balaban J connectivity index is 1.27. The molecule has 0 bridgehead atoms. The summed E-state index contributed by atoms with van der Waals surface area (Å²) in [5.41, 5.74) is 2.02. The molecule has 5 heterocycles. The Morgan fingerprint density at radius 1 is 0.505 bits per heavy atom. The smallest absolute Gasteiger partial charge is 0.270 e. The van der Waals surface area contributed by atoms with Crippen molar-refractivity contribution in [1.82, 2.24) is 0 Å². The van der Waals surface area contributed by atoms with Crippen LogP contribution in [0.2, 0.25) is 32.2 Å². The number of unbranched alkanes of at least 4 members (excludes halogenated alkanes) is 4. The van der Waals surface area contributed by atoms with Gasteiger partial charge < -0.3 is 9.47 Å². The van der Waals surface area contributed by atoms with Crippen LogP contribution < -0.4 is 19.8 Å². The van der Waals surface area contributed by atoms with Gasteiger partial charge in [-0.25, -0.2) is 20.2 Å². The van der Waals surface area contributed by atoms with E-state index in [2.05, 4.69) is 89.4 Å². The number of nitriles is 2. The highest BCUT2D eigenvalue weighted by Crippen LogP contribution is 2.55. The molecule has 6 aromatic rings. The van der Waals surface area contributed by atoms with Crippen molar-refractivity contribution < 1.29 is 19.1 Å². The fourth-order valence-corrected chi connectivity index (χ4v) is 26.7. The predicted molar refractivity (Wildman–Crippen MR) is 389 cm³/mol. The Labute approximate surface area is 575 Å². The number of carbonyl (C=O) groups excluding carboxylic acids is 2. The van der Waals surface area contributed by atoms with Gasteiger partial charge in [0.25, 0.3) is 11.4 Å². The van der Waals surface area contributed by atoms with Gasteiger partial charge in [-0.1, -0.05) is 192 Å². The minimum Gasteiger partial charge on any atom is -0.492 e. The molecule has 0 radical (unpaired) electrons. The summed E-state index contributed by atoms with van der Waals surface area (Å²) in [5.74, 6) is 2.56. The molecular formula is C74H78Cl4N4O4S4Si. The summed E-state index contributed by atoms with van der Waals surface area (Å²) >= 11 is 33.0. The standard InChI is InChI=1S/C74H78Cl4N4O4S4Si/c1-11-19-23-43(15-5)39-85-61-29-47(27-53-67(59(37-79)81-9)49-31-55(75)57(77)33-51(49)69(53)83)87-71(61)63-35-65-73(89-63)74-66(91(65,41-45(17-7)25-21-13-3)42-46(18-8)26-22-14-4)36-64(90-74)72-62(86-40-44(16-6)24-20-12-2)30-48(88-72)28-54-68(60(38-80)82-10)50-32-56(76)58(78)34-52(50)70(54)84/h27-36,43-46H,11-26,39-42H2,1-8H3/b53-27-,54-28-,67-59+,68-60?. The second kappa shape index (κ2) is 31.6. The molecule has 0 saturated heterocycles. The fourth-order valence-electron chi connectivity index (χ4n) is 13.3. The lowest BCUT2D eigenvalue weighted by Crippen LogP contribution is -2.56. The second-order valence-corrected chi connectivity index (χ2v) is 34.4. The summed E-state index contributed by atoms with van der Waals surface area (Å²) in [6, 6.07) is 21.7. The molecule has 0 amide bonds. The van der Waals surface area contributed by atoms with Crippen LogP contribution in [0, 0.1) is 59.5 Å². The maximum Gasteiger partial charge on any atom is 0.270 e. The van der Waals surface area contributed by atoms with Crippen LogP contribution in [0.4, 0.5) is 0 Å². The first-order valence-electron chi connectivity index (χ1n) is 32.4. The molecule has 474 valence electrons. The summed E-state index contributed by atoms with van der Waals surface area (Å²) in [6.45, 7) is 35.4. The van der Waals surface area contributed by atoms with Crippen LogP contribution in [-0.2, 0) is 0 Å². The van der Waals surface area contributed by atoms with Gasteiger partial charge >= 0.3 is 0 Å². The first-order valence-corrected chi connectivity index (χ1v) is 39.6. The van der Waals surface area contributed by atoms with Crippen molar-refractivity contribution in [2.75, 3.05) is 13.2 Å². The van der Waals surface area contributed by atoms with Crippen LogP contribution in [0.25, 0.3) is 62.3 Å². The number of hydrogen-bond donors (Lipinski definition) is 0. The molecule has 0 spiro atoms. The van der Waals surface area contributed by atoms with Crippen molar-refractivity contribution in [3.8, 4) is 52.9 Å². The van der Waals surface area contributed by atoms with E-state index in [0.717, 1.165) is 143 Å². The summed E-state index contributed by atoms with van der Waals surface area (Å²) < 4.78 is 14.1. The minimum atomic E-state index is -2.67. The van der Waals surface area contributed by atoms with E-state index in [1.54, 1.807) is 34.8 Å². The van der Waals surface area contributed by atoms with Crippen LogP contribution >= 0.6 is 91.8 Å². The second-order valence-electron chi connectivity index (χ2n) is 24.5. The quantitative estimate of drug-likeness (QED) is 0.0192. The zero-order valence-electron chi connectivity index (χ0n) is 53.3. The number of benzene rings is 2. The average Bonchev–Trinajstić information content (AvgIpc) is 1.54. The molecule has 3 aliphatic rings. The number of carbonyl (C=O) groups is 2. The number of Topliss-reactive ketones (excluding diaryl/α,β-unsaturated/α-hetero) is 2. The third-order valence-corrected chi connectivity index (χ3v) is 30.8. The Bertz CT molecular complexity index is 3770. The summed E-state index contributed by atoms with van der Waals surface area (Å²) in [4.78, 5) is 44.6. The summed E-state index contributed by atoms with van der Waals surface area (Å²) in [7, 11) is -2.67. The lowest BCUT2D eigenvalue weighted by atomic mass is 10.0. The highest BCUT2D eigenvalue weighted by atomic mass is 35.5. The van der Waals surface area contributed by atoms with Crippen molar-refractivity contribution >= 4 is 145 Å². The van der Waals surface area contributed by atoms with Crippen molar-refractivity contribution in [3.63, 3.8) is 0 Å². The molecule has 17 heteroatoms. The Hall–Kier alpha value is -5.52. The molecule has 4 unspecified atom stereocenters. The molecule has 8 nitrogen and oxygen atoms in total. The Morgan fingerprint density at radius 3 is 1.16 bits per heavy atom. The number of nitrogens with zero attached hydrogens (tertiary/aromatic N) is 4. The zero-order chi connectivity index (χ0) is 65.3. The summed E-state index contributed by atoms with van der Waals surface area (Å²) in [5, 5.41) is 24.5. The van der Waals surface area contributed by atoms with E-state index in [4.69, 9.17) is 69.0 Å². The zero-order valence-corrected chi connectivity index (χ0v) is 60.6. The third kappa shape index (κ3) is 14.6. The number of thiophene rings is 4. The van der Waals surface area contributed by atoms with Crippen molar-refractivity contribution in [2.45, 2.75) is 170 Å². The first kappa shape index (κ1) is 69.8. The monoisotopic (exact) mass is 1380 g/mol. The van der Waals surface area contributed by atoms with E-state index in [9.17, 15) is 20.1 Å². The van der Waals surface area contributed by atoms with E-state index in [1.165, 1.54) is 45.1 Å². The predicted octanol–water partition coefficient (Wildman–Crippen LogP) is 23.9. The van der Waals surface area contributed by atoms with Gasteiger partial charge in [-0.15, -0.1) is 45.3 Å². The average molecular weight is 1390 g/mol. The normalized spacial score (nSPS) is 18.1.